The van der Waals surface area contributed by atoms with Crippen LogP contribution < -0.4 is 20.5 Å². The van der Waals surface area contributed by atoms with Crippen molar-refractivity contribution in [3.05, 3.63) is 58.4 Å². The summed E-state index contributed by atoms with van der Waals surface area (Å²) in [6.07, 6.45) is 0.567. The number of hydrogen-bond acceptors (Lipinski definition) is 4. The number of methoxy groups -OCH3 is 1. The summed E-state index contributed by atoms with van der Waals surface area (Å²) in [7, 11) is 1.49. The van der Waals surface area contributed by atoms with Crippen LogP contribution in [0.5, 0.6) is 11.5 Å². The van der Waals surface area contributed by atoms with E-state index < -0.39 is 5.91 Å². The minimum absolute atomic E-state index is 0.0578. The van der Waals surface area contributed by atoms with Crippen LogP contribution in [0.3, 0.4) is 0 Å². The van der Waals surface area contributed by atoms with Crippen molar-refractivity contribution in [2.75, 3.05) is 13.7 Å². The van der Waals surface area contributed by atoms with Gasteiger partial charge in [-0.05, 0) is 42.7 Å². The molecule has 7 heteroatoms. The molecule has 3 N–H and O–H groups in total. The molecule has 0 radical (unpaired) electrons. The predicted octanol–water partition coefficient (Wildman–Crippen LogP) is 3.07. The number of ether oxygens (including phenoxy) is 2. The van der Waals surface area contributed by atoms with Crippen molar-refractivity contribution in [3.63, 3.8) is 0 Å². The highest BCUT2D eigenvalue weighted by Gasteiger charge is 2.14. The summed E-state index contributed by atoms with van der Waals surface area (Å²) in [5.74, 6) is -0.119. The Morgan fingerprint density at radius 3 is 2.73 bits per heavy atom. The number of rotatable bonds is 9. The van der Waals surface area contributed by atoms with Crippen LogP contribution in [0.4, 0.5) is 4.39 Å². The molecule has 0 spiro atoms. The van der Waals surface area contributed by atoms with Gasteiger partial charge in [-0.25, -0.2) is 4.39 Å². The third-order valence-corrected chi connectivity index (χ3v) is 4.07. The summed E-state index contributed by atoms with van der Waals surface area (Å²) < 4.78 is 24.3. The third kappa shape index (κ3) is 5.61. The maximum Gasteiger partial charge on any atom is 0.255 e. The first-order valence-electron chi connectivity index (χ1n) is 8.15. The van der Waals surface area contributed by atoms with Crippen molar-refractivity contribution in [2.24, 2.45) is 5.73 Å². The Balaban J connectivity index is 2.01. The lowest BCUT2D eigenvalue weighted by atomic mass is 10.1. The Morgan fingerprint density at radius 1 is 1.35 bits per heavy atom. The SMILES string of the molecule is COc1cc(CNC(C)Cc2ccccc2F)cc(Cl)c1OCC(N)=O. The van der Waals surface area contributed by atoms with Crippen LogP contribution >= 0.6 is 11.6 Å². The summed E-state index contributed by atoms with van der Waals surface area (Å²) in [4.78, 5) is 10.9. The molecule has 0 aliphatic heterocycles. The van der Waals surface area contributed by atoms with Crippen LogP contribution in [0.2, 0.25) is 5.02 Å². The van der Waals surface area contributed by atoms with E-state index in [9.17, 15) is 9.18 Å². The Kier molecular flexibility index (Phi) is 7.24. The molecule has 1 amide bonds. The first-order valence-corrected chi connectivity index (χ1v) is 8.52. The van der Waals surface area contributed by atoms with E-state index in [-0.39, 0.29) is 24.2 Å². The molecule has 2 rings (SSSR count). The molecule has 0 bridgehead atoms. The topological polar surface area (TPSA) is 73.6 Å². The molecule has 140 valence electrons. The molecule has 2 aromatic rings. The molecule has 0 heterocycles. The Morgan fingerprint density at radius 2 is 2.08 bits per heavy atom. The average molecular weight is 381 g/mol. The molecule has 0 fully saturated rings. The normalized spacial score (nSPS) is 11.8. The van der Waals surface area contributed by atoms with Crippen LogP contribution in [-0.4, -0.2) is 25.7 Å². The highest BCUT2D eigenvalue weighted by molar-refractivity contribution is 6.32. The van der Waals surface area contributed by atoms with E-state index in [2.05, 4.69) is 5.32 Å². The second-order valence-corrected chi connectivity index (χ2v) is 6.35. The number of hydrogen-bond donors (Lipinski definition) is 2. The number of benzene rings is 2. The van der Waals surface area contributed by atoms with Gasteiger partial charge < -0.3 is 20.5 Å². The van der Waals surface area contributed by atoms with E-state index in [0.29, 0.717) is 29.3 Å². The molecule has 1 unspecified atom stereocenters. The monoisotopic (exact) mass is 380 g/mol. The van der Waals surface area contributed by atoms with E-state index in [4.69, 9.17) is 26.8 Å². The van der Waals surface area contributed by atoms with Crippen LogP contribution in [0.1, 0.15) is 18.1 Å². The molecule has 26 heavy (non-hydrogen) atoms. The summed E-state index contributed by atoms with van der Waals surface area (Å²) in [6, 6.07) is 10.3. The van der Waals surface area contributed by atoms with Crippen molar-refractivity contribution in [1.29, 1.82) is 0 Å². The van der Waals surface area contributed by atoms with Crippen molar-refractivity contribution in [3.8, 4) is 11.5 Å². The van der Waals surface area contributed by atoms with Crippen molar-refractivity contribution in [1.82, 2.24) is 5.32 Å². The molecule has 2 aromatic carbocycles. The maximum absolute atomic E-state index is 13.7. The molecule has 0 saturated heterocycles. The van der Waals surface area contributed by atoms with Gasteiger partial charge in [-0.15, -0.1) is 0 Å². The average Bonchev–Trinajstić information content (AvgIpc) is 2.60. The minimum Gasteiger partial charge on any atom is -0.493 e. The van der Waals surface area contributed by atoms with E-state index >= 15 is 0 Å². The van der Waals surface area contributed by atoms with Crippen molar-refractivity contribution >= 4 is 17.5 Å². The number of halogens is 2. The molecular formula is C19H22ClFN2O3. The standard InChI is InChI=1S/C19H22ClFN2O3/c1-12(7-14-5-3-4-6-16(14)21)23-10-13-8-15(20)19(17(9-13)25-2)26-11-18(22)24/h3-6,8-9,12,23H,7,10-11H2,1-2H3,(H2,22,24). The summed E-state index contributed by atoms with van der Waals surface area (Å²) in [5, 5.41) is 3.65. The van der Waals surface area contributed by atoms with Gasteiger partial charge in [0.2, 0.25) is 0 Å². The van der Waals surface area contributed by atoms with Gasteiger partial charge in [0, 0.05) is 12.6 Å². The number of nitrogens with one attached hydrogen (secondary N) is 1. The molecule has 0 aromatic heterocycles. The fourth-order valence-corrected chi connectivity index (χ4v) is 2.80. The molecule has 0 saturated carbocycles. The van der Waals surface area contributed by atoms with Gasteiger partial charge in [0.25, 0.3) is 5.91 Å². The zero-order valence-corrected chi connectivity index (χ0v) is 15.5. The van der Waals surface area contributed by atoms with Gasteiger partial charge in [-0.1, -0.05) is 29.8 Å². The molecule has 0 aliphatic carbocycles. The summed E-state index contributed by atoms with van der Waals surface area (Å²) >= 11 is 6.23. The number of carbonyl (C=O) groups is 1. The highest BCUT2D eigenvalue weighted by Crippen LogP contribution is 2.36. The van der Waals surface area contributed by atoms with Crippen LogP contribution in [0, 0.1) is 5.82 Å². The Labute approximate surface area is 157 Å². The van der Waals surface area contributed by atoms with Gasteiger partial charge in [-0.2, -0.15) is 0 Å². The first kappa shape index (κ1) is 20.0. The number of primary amides is 1. The summed E-state index contributed by atoms with van der Waals surface area (Å²) in [5.41, 5.74) is 6.62. The van der Waals surface area contributed by atoms with E-state index in [1.165, 1.54) is 13.2 Å². The van der Waals surface area contributed by atoms with Gasteiger partial charge in [-0.3, -0.25) is 4.79 Å². The van der Waals surface area contributed by atoms with Gasteiger partial charge in [0.05, 0.1) is 12.1 Å². The van der Waals surface area contributed by atoms with Crippen molar-refractivity contribution < 1.29 is 18.7 Å². The largest absolute Gasteiger partial charge is 0.493 e. The quantitative estimate of drug-likeness (QED) is 0.701. The molecule has 1 atom stereocenters. The van der Waals surface area contributed by atoms with Crippen LogP contribution in [0.25, 0.3) is 0 Å². The van der Waals surface area contributed by atoms with Crippen LogP contribution in [-0.2, 0) is 17.8 Å². The Hall–Kier alpha value is -2.31. The highest BCUT2D eigenvalue weighted by atomic mass is 35.5. The van der Waals surface area contributed by atoms with E-state index in [1.54, 1.807) is 24.3 Å². The smallest absolute Gasteiger partial charge is 0.255 e. The molecular weight excluding hydrogens is 359 g/mol. The van der Waals surface area contributed by atoms with Gasteiger partial charge in [0.1, 0.15) is 5.82 Å². The first-order chi connectivity index (χ1) is 12.4. The number of carbonyl (C=O) groups excluding carboxylic acids is 1. The van der Waals surface area contributed by atoms with E-state index in [1.807, 2.05) is 13.0 Å². The predicted molar refractivity (Wildman–Crippen MR) is 99.1 cm³/mol. The molecule has 0 aliphatic rings. The fourth-order valence-electron chi connectivity index (χ4n) is 2.52. The lowest BCUT2D eigenvalue weighted by molar-refractivity contribution is -0.119. The number of nitrogens with two attached hydrogens (primary N) is 1. The Bertz CT molecular complexity index is 770. The maximum atomic E-state index is 13.7. The summed E-state index contributed by atoms with van der Waals surface area (Å²) in [6.45, 7) is 2.21. The van der Waals surface area contributed by atoms with Crippen LogP contribution in [0.15, 0.2) is 36.4 Å². The number of amides is 1. The third-order valence-electron chi connectivity index (χ3n) is 3.79. The lowest BCUT2D eigenvalue weighted by Gasteiger charge is -2.17. The lowest BCUT2D eigenvalue weighted by Crippen LogP contribution is -2.28. The van der Waals surface area contributed by atoms with E-state index in [0.717, 1.165) is 5.56 Å². The van der Waals surface area contributed by atoms with Gasteiger partial charge in [0.15, 0.2) is 18.1 Å². The molecule has 5 nitrogen and oxygen atoms in total. The zero-order valence-electron chi connectivity index (χ0n) is 14.7. The zero-order chi connectivity index (χ0) is 19.1. The second kappa shape index (κ2) is 9.40. The second-order valence-electron chi connectivity index (χ2n) is 5.94. The fraction of sp³-hybridized carbons (Fsp3) is 0.316. The minimum atomic E-state index is -0.601. The van der Waals surface area contributed by atoms with Crippen molar-refractivity contribution in [2.45, 2.75) is 25.9 Å². The van der Waals surface area contributed by atoms with Gasteiger partial charge >= 0.3 is 0 Å².